The molecule has 3 unspecified atom stereocenters. The summed E-state index contributed by atoms with van der Waals surface area (Å²) in [5, 5.41) is 0. The van der Waals surface area contributed by atoms with E-state index in [1.807, 2.05) is 4.90 Å². The first-order valence-corrected chi connectivity index (χ1v) is 7.67. The van der Waals surface area contributed by atoms with Crippen LogP contribution >= 0.6 is 0 Å². The molecule has 1 aromatic rings. The predicted octanol–water partition coefficient (Wildman–Crippen LogP) is 3.87. The van der Waals surface area contributed by atoms with Gasteiger partial charge in [-0.3, -0.25) is 4.79 Å². The van der Waals surface area contributed by atoms with Crippen molar-refractivity contribution >= 4 is 11.6 Å². The number of anilines is 1. The van der Waals surface area contributed by atoms with Crippen molar-refractivity contribution in [3.63, 3.8) is 0 Å². The van der Waals surface area contributed by atoms with Gasteiger partial charge >= 0.3 is 0 Å². The molecule has 0 saturated heterocycles. The first-order chi connectivity index (χ1) is 9.60. The number of aryl methyl sites for hydroxylation is 2. The van der Waals surface area contributed by atoms with E-state index in [-0.39, 0.29) is 5.92 Å². The quantitative estimate of drug-likeness (QED) is 0.763. The molecule has 2 heteroatoms. The number of nitrogens with zero attached hydrogens (tertiary/aromatic N) is 1. The molecule has 3 rings (SSSR count). The molecule has 20 heavy (non-hydrogen) atoms. The number of fused-ring (bicyclic) bond motifs is 2. The van der Waals surface area contributed by atoms with Crippen LogP contribution in [0, 0.1) is 31.6 Å². The highest BCUT2D eigenvalue weighted by Crippen LogP contribution is 2.44. The van der Waals surface area contributed by atoms with Gasteiger partial charge in [0.15, 0.2) is 0 Å². The number of carbonyl (C=O) groups is 1. The van der Waals surface area contributed by atoms with Crippen molar-refractivity contribution < 1.29 is 4.79 Å². The van der Waals surface area contributed by atoms with E-state index in [0.717, 1.165) is 18.7 Å². The number of rotatable bonds is 3. The zero-order valence-electron chi connectivity index (χ0n) is 12.6. The van der Waals surface area contributed by atoms with E-state index in [4.69, 9.17) is 0 Å². The Kier molecular flexibility index (Phi) is 3.41. The summed E-state index contributed by atoms with van der Waals surface area (Å²) in [5.74, 6) is 1.64. The van der Waals surface area contributed by atoms with Crippen molar-refractivity contribution in [3.8, 4) is 0 Å². The first kappa shape index (κ1) is 13.4. The van der Waals surface area contributed by atoms with Gasteiger partial charge in [-0.1, -0.05) is 24.3 Å². The van der Waals surface area contributed by atoms with Gasteiger partial charge in [0.05, 0.1) is 0 Å². The molecular formula is C18H23NO. The maximum Gasteiger partial charge on any atom is 0.230 e. The molecule has 1 saturated carbocycles. The molecule has 0 aromatic heterocycles. The Morgan fingerprint density at radius 1 is 1.25 bits per heavy atom. The van der Waals surface area contributed by atoms with Crippen molar-refractivity contribution in [1.82, 2.24) is 0 Å². The minimum Gasteiger partial charge on any atom is -0.312 e. The molecule has 106 valence electrons. The van der Waals surface area contributed by atoms with Gasteiger partial charge < -0.3 is 4.90 Å². The minimum absolute atomic E-state index is 0.199. The fourth-order valence-electron chi connectivity index (χ4n) is 3.72. The molecule has 2 aliphatic rings. The lowest BCUT2D eigenvalue weighted by Gasteiger charge is -2.28. The highest BCUT2D eigenvalue weighted by Gasteiger charge is 2.41. The summed E-state index contributed by atoms with van der Waals surface area (Å²) in [6.45, 7) is 7.00. The average Bonchev–Trinajstić information content (AvgIpc) is 3.05. The summed E-state index contributed by atoms with van der Waals surface area (Å²) >= 11 is 0. The number of hydrogen-bond donors (Lipinski definition) is 0. The van der Waals surface area contributed by atoms with E-state index in [1.54, 1.807) is 0 Å². The topological polar surface area (TPSA) is 20.3 Å². The Hall–Kier alpha value is -1.57. The van der Waals surface area contributed by atoms with Gasteiger partial charge in [0, 0.05) is 18.2 Å². The summed E-state index contributed by atoms with van der Waals surface area (Å²) in [7, 11) is 0. The number of carbonyl (C=O) groups excluding carboxylic acids is 1. The van der Waals surface area contributed by atoms with E-state index in [1.165, 1.54) is 17.5 Å². The van der Waals surface area contributed by atoms with Gasteiger partial charge in [-0.15, -0.1) is 0 Å². The van der Waals surface area contributed by atoms with Crippen molar-refractivity contribution in [1.29, 1.82) is 0 Å². The standard InChI is InChI=1S/C18H23NO/c1-4-19(17-9-12(2)5-6-13(17)3)18(20)16-11-14-7-8-15(16)10-14/h5-9,14-16H,4,10-11H2,1-3H3. The molecule has 0 heterocycles. The van der Waals surface area contributed by atoms with Crippen LogP contribution in [-0.2, 0) is 4.79 Å². The molecule has 0 spiro atoms. The van der Waals surface area contributed by atoms with E-state index in [9.17, 15) is 4.79 Å². The Balaban J connectivity index is 1.88. The third-order valence-corrected chi connectivity index (χ3v) is 4.83. The van der Waals surface area contributed by atoms with Crippen LogP contribution in [-0.4, -0.2) is 12.5 Å². The summed E-state index contributed by atoms with van der Waals surface area (Å²) in [6.07, 6.45) is 6.78. The SMILES string of the molecule is CCN(C(=O)C1CC2C=CC1C2)c1cc(C)ccc1C. The highest BCUT2D eigenvalue weighted by atomic mass is 16.2. The van der Waals surface area contributed by atoms with Crippen molar-refractivity contribution in [2.24, 2.45) is 17.8 Å². The van der Waals surface area contributed by atoms with Crippen LogP contribution in [0.15, 0.2) is 30.4 Å². The number of amides is 1. The van der Waals surface area contributed by atoms with E-state index in [2.05, 4.69) is 51.1 Å². The monoisotopic (exact) mass is 269 g/mol. The van der Waals surface area contributed by atoms with Gasteiger partial charge in [-0.25, -0.2) is 0 Å². The van der Waals surface area contributed by atoms with Gasteiger partial charge in [0.2, 0.25) is 5.91 Å². The summed E-state index contributed by atoms with van der Waals surface area (Å²) in [4.78, 5) is 14.9. The Morgan fingerprint density at radius 3 is 2.65 bits per heavy atom. The molecule has 1 amide bonds. The summed E-state index contributed by atoms with van der Waals surface area (Å²) in [5.41, 5.74) is 3.48. The van der Waals surface area contributed by atoms with Crippen LogP contribution in [0.4, 0.5) is 5.69 Å². The van der Waals surface area contributed by atoms with E-state index in [0.29, 0.717) is 17.7 Å². The van der Waals surface area contributed by atoms with Gasteiger partial charge in [0.1, 0.15) is 0 Å². The molecule has 2 nitrogen and oxygen atoms in total. The molecule has 0 radical (unpaired) electrons. The van der Waals surface area contributed by atoms with Crippen LogP contribution in [0.3, 0.4) is 0 Å². The van der Waals surface area contributed by atoms with E-state index < -0.39 is 0 Å². The minimum atomic E-state index is 0.199. The smallest absolute Gasteiger partial charge is 0.230 e. The normalized spacial score (nSPS) is 27.1. The van der Waals surface area contributed by atoms with E-state index >= 15 is 0 Å². The largest absolute Gasteiger partial charge is 0.312 e. The van der Waals surface area contributed by atoms with Crippen LogP contribution in [0.25, 0.3) is 0 Å². The average molecular weight is 269 g/mol. The zero-order chi connectivity index (χ0) is 14.3. The molecule has 3 atom stereocenters. The highest BCUT2D eigenvalue weighted by molar-refractivity contribution is 5.96. The molecule has 2 aliphatic carbocycles. The molecule has 2 bridgehead atoms. The maximum absolute atomic E-state index is 12.9. The Labute approximate surface area is 121 Å². The molecule has 1 fully saturated rings. The number of allylic oxidation sites excluding steroid dienone is 2. The second-order valence-corrected chi connectivity index (χ2v) is 6.26. The second kappa shape index (κ2) is 5.08. The van der Waals surface area contributed by atoms with Crippen molar-refractivity contribution in [3.05, 3.63) is 41.5 Å². The molecule has 1 aromatic carbocycles. The summed E-state index contributed by atoms with van der Waals surface area (Å²) < 4.78 is 0. The fourth-order valence-corrected chi connectivity index (χ4v) is 3.72. The Morgan fingerprint density at radius 2 is 2.05 bits per heavy atom. The predicted molar refractivity (Wildman–Crippen MR) is 82.8 cm³/mol. The van der Waals surface area contributed by atoms with Crippen LogP contribution < -0.4 is 4.90 Å². The number of benzene rings is 1. The van der Waals surface area contributed by atoms with Crippen LogP contribution in [0.1, 0.15) is 30.9 Å². The lowest BCUT2D eigenvalue weighted by Crippen LogP contribution is -2.38. The Bertz CT molecular complexity index is 561. The van der Waals surface area contributed by atoms with Crippen molar-refractivity contribution in [2.45, 2.75) is 33.6 Å². The second-order valence-electron chi connectivity index (χ2n) is 6.26. The fraction of sp³-hybridized carbons (Fsp3) is 0.500. The third-order valence-electron chi connectivity index (χ3n) is 4.83. The van der Waals surface area contributed by atoms with Crippen molar-refractivity contribution in [2.75, 3.05) is 11.4 Å². The first-order valence-electron chi connectivity index (χ1n) is 7.67. The summed E-state index contributed by atoms with van der Waals surface area (Å²) in [6, 6.07) is 6.36. The maximum atomic E-state index is 12.9. The third kappa shape index (κ3) is 2.17. The number of hydrogen-bond acceptors (Lipinski definition) is 1. The van der Waals surface area contributed by atoms with Gasteiger partial charge in [0.25, 0.3) is 0 Å². The van der Waals surface area contributed by atoms with Gasteiger partial charge in [-0.05, 0) is 62.6 Å². The lowest BCUT2D eigenvalue weighted by molar-refractivity contribution is -0.123. The zero-order valence-corrected chi connectivity index (χ0v) is 12.6. The molecule has 0 aliphatic heterocycles. The molecular weight excluding hydrogens is 246 g/mol. The van der Waals surface area contributed by atoms with Crippen LogP contribution in [0.2, 0.25) is 0 Å². The molecule has 0 N–H and O–H groups in total. The lowest BCUT2D eigenvalue weighted by atomic mass is 9.91. The van der Waals surface area contributed by atoms with Crippen LogP contribution in [0.5, 0.6) is 0 Å². The van der Waals surface area contributed by atoms with Gasteiger partial charge in [-0.2, -0.15) is 0 Å².